The van der Waals surface area contributed by atoms with Crippen molar-refractivity contribution in [1.29, 1.82) is 0 Å². The summed E-state index contributed by atoms with van der Waals surface area (Å²) in [5.41, 5.74) is 6.98. The number of fused-ring (bicyclic) bond motifs is 1. The Balaban J connectivity index is 1.56. The lowest BCUT2D eigenvalue weighted by Gasteiger charge is -2.20. The van der Waals surface area contributed by atoms with Crippen LogP contribution >= 0.6 is 0 Å². The van der Waals surface area contributed by atoms with Crippen LogP contribution in [0.2, 0.25) is 0 Å². The van der Waals surface area contributed by atoms with E-state index in [1.54, 1.807) is 0 Å². The van der Waals surface area contributed by atoms with Gasteiger partial charge in [-0.05, 0) is 66.3 Å². The molecule has 2 atom stereocenters. The Bertz CT molecular complexity index is 1540. The molecule has 0 unspecified atom stereocenters. The highest BCUT2D eigenvalue weighted by Gasteiger charge is 2.24. The van der Waals surface area contributed by atoms with Crippen LogP contribution in [-0.2, 0) is 41.6 Å². The van der Waals surface area contributed by atoms with Gasteiger partial charge in [0.25, 0.3) is 0 Å². The smallest absolute Gasteiger partial charge is 0.243 e. The molecule has 3 aromatic rings. The molecular formula is C35H43FN6O6. The molecule has 0 spiro atoms. The van der Waals surface area contributed by atoms with Gasteiger partial charge in [-0.2, -0.15) is 0 Å². The third kappa shape index (κ3) is 12.9. The summed E-state index contributed by atoms with van der Waals surface area (Å²) in [6.45, 7) is 0.0437. The topological polar surface area (TPSA) is 189 Å². The van der Waals surface area contributed by atoms with E-state index in [4.69, 9.17) is 5.73 Å². The van der Waals surface area contributed by atoms with Gasteiger partial charge in [-0.15, -0.1) is 0 Å². The van der Waals surface area contributed by atoms with Gasteiger partial charge >= 0.3 is 0 Å². The molecule has 3 rings (SSSR count). The number of hydrogen-bond acceptors (Lipinski definition) is 7. The Morgan fingerprint density at radius 3 is 2.15 bits per heavy atom. The molecule has 3 aromatic carbocycles. The van der Waals surface area contributed by atoms with Gasteiger partial charge in [-0.25, -0.2) is 4.39 Å². The summed E-state index contributed by atoms with van der Waals surface area (Å²) in [7, 11) is 0. The van der Waals surface area contributed by atoms with Crippen LogP contribution in [0.1, 0.15) is 43.2 Å². The molecule has 256 valence electrons. The molecule has 0 bridgehead atoms. The minimum absolute atomic E-state index is 0.00833. The quantitative estimate of drug-likeness (QED) is 0.0774. The molecule has 5 amide bonds. The number of aryl methyl sites for hydroxylation is 1. The Morgan fingerprint density at radius 1 is 0.750 bits per heavy atom. The second-order valence-corrected chi connectivity index (χ2v) is 11.2. The van der Waals surface area contributed by atoms with Crippen molar-refractivity contribution in [3.63, 3.8) is 0 Å². The van der Waals surface area contributed by atoms with E-state index in [-0.39, 0.29) is 32.2 Å². The number of unbranched alkanes of at least 4 members (excludes halogenated alkanes) is 1. The number of carbonyl (C=O) groups excluding carboxylic acids is 6. The number of halogens is 1. The highest BCUT2D eigenvalue weighted by molar-refractivity contribution is 5.94. The van der Waals surface area contributed by atoms with Gasteiger partial charge in [0.1, 0.15) is 24.2 Å². The van der Waals surface area contributed by atoms with Gasteiger partial charge < -0.3 is 37.1 Å². The summed E-state index contributed by atoms with van der Waals surface area (Å²) in [6.07, 6.45) is 2.62. The van der Waals surface area contributed by atoms with E-state index in [9.17, 15) is 33.2 Å². The molecule has 0 aliphatic heterocycles. The zero-order valence-corrected chi connectivity index (χ0v) is 26.8. The average Bonchev–Trinajstić information content (AvgIpc) is 3.09. The number of nitrogens with two attached hydrogens (primary N) is 1. The first-order valence-corrected chi connectivity index (χ1v) is 16.0. The molecule has 0 aliphatic carbocycles. The standard InChI is InChI=1S/C35H43FN6O6/c36-27-15-12-24(13-16-27)21-30(35(48)39-22-32(45)38-19-4-3-18-37)42-33(46)23-40-34(47)29(11-6-20-43)41-31(44)17-14-26-9-5-8-25-7-1-2-10-28(25)26/h1-2,5,7-10,12-13,15-16,20,29-30H,3-4,6,11,14,17-19,21-23,37H2,(H,38,45)(H,39,48)(H,40,47)(H,41,44)(H,42,46)/t29-,30+/m0/s1. The molecule has 0 radical (unpaired) electrons. The maximum absolute atomic E-state index is 13.4. The molecule has 0 fully saturated rings. The fourth-order valence-electron chi connectivity index (χ4n) is 4.98. The molecule has 0 heterocycles. The second-order valence-electron chi connectivity index (χ2n) is 11.2. The lowest BCUT2D eigenvalue weighted by Crippen LogP contribution is -2.53. The zero-order chi connectivity index (χ0) is 34.7. The van der Waals surface area contributed by atoms with Gasteiger partial charge in [0.2, 0.25) is 29.5 Å². The minimum atomic E-state index is -1.15. The van der Waals surface area contributed by atoms with Gasteiger partial charge in [-0.1, -0.05) is 54.6 Å². The van der Waals surface area contributed by atoms with Crippen LogP contribution in [0.3, 0.4) is 0 Å². The van der Waals surface area contributed by atoms with Crippen LogP contribution in [0.5, 0.6) is 0 Å². The van der Waals surface area contributed by atoms with Crippen molar-refractivity contribution < 1.29 is 33.2 Å². The number of nitrogens with one attached hydrogen (secondary N) is 5. The minimum Gasteiger partial charge on any atom is -0.355 e. The number of hydrogen-bond donors (Lipinski definition) is 6. The molecule has 12 nitrogen and oxygen atoms in total. The fourth-order valence-corrected chi connectivity index (χ4v) is 4.98. The van der Waals surface area contributed by atoms with Gasteiger partial charge in [-0.3, -0.25) is 24.0 Å². The van der Waals surface area contributed by atoms with E-state index in [0.717, 1.165) is 22.8 Å². The molecule has 13 heteroatoms. The maximum atomic E-state index is 13.4. The number of aldehydes is 1. The van der Waals surface area contributed by atoms with Crippen molar-refractivity contribution in [2.24, 2.45) is 5.73 Å². The number of amides is 5. The second kappa shape index (κ2) is 20.1. The summed E-state index contributed by atoms with van der Waals surface area (Å²) in [5.74, 6) is -3.32. The van der Waals surface area contributed by atoms with E-state index in [1.165, 1.54) is 24.3 Å². The molecule has 7 N–H and O–H groups in total. The average molecular weight is 663 g/mol. The molecule has 0 aromatic heterocycles. The largest absolute Gasteiger partial charge is 0.355 e. The molecular weight excluding hydrogens is 619 g/mol. The first kappa shape index (κ1) is 37.3. The van der Waals surface area contributed by atoms with E-state index >= 15 is 0 Å². The van der Waals surface area contributed by atoms with Gasteiger partial charge in [0.15, 0.2) is 0 Å². The van der Waals surface area contributed by atoms with Crippen LogP contribution in [0.25, 0.3) is 10.8 Å². The van der Waals surface area contributed by atoms with Crippen LogP contribution < -0.4 is 32.3 Å². The van der Waals surface area contributed by atoms with E-state index in [1.807, 2.05) is 42.5 Å². The Morgan fingerprint density at radius 2 is 1.42 bits per heavy atom. The van der Waals surface area contributed by atoms with E-state index in [0.29, 0.717) is 37.8 Å². The summed E-state index contributed by atoms with van der Waals surface area (Å²) in [4.78, 5) is 74.9. The lowest BCUT2D eigenvalue weighted by molar-refractivity contribution is -0.132. The van der Waals surface area contributed by atoms with Gasteiger partial charge in [0.05, 0.1) is 13.1 Å². The third-order valence-electron chi connectivity index (χ3n) is 7.53. The summed E-state index contributed by atoms with van der Waals surface area (Å²) >= 11 is 0. The highest BCUT2D eigenvalue weighted by atomic mass is 19.1. The molecule has 0 saturated heterocycles. The molecule has 0 saturated carbocycles. The Kier molecular flexibility index (Phi) is 15.7. The predicted molar refractivity (Wildman–Crippen MR) is 179 cm³/mol. The number of carbonyl (C=O) groups is 6. The first-order valence-electron chi connectivity index (χ1n) is 16.0. The number of benzene rings is 3. The van der Waals surface area contributed by atoms with Crippen molar-refractivity contribution in [3.8, 4) is 0 Å². The summed E-state index contributed by atoms with van der Waals surface area (Å²) < 4.78 is 13.4. The normalized spacial score (nSPS) is 12.0. The predicted octanol–water partition coefficient (Wildman–Crippen LogP) is 1.19. The van der Waals surface area contributed by atoms with E-state index in [2.05, 4.69) is 26.6 Å². The van der Waals surface area contributed by atoms with Crippen molar-refractivity contribution >= 4 is 46.6 Å². The molecule has 48 heavy (non-hydrogen) atoms. The maximum Gasteiger partial charge on any atom is 0.243 e. The van der Waals surface area contributed by atoms with Crippen LogP contribution in [0.4, 0.5) is 4.39 Å². The fraction of sp³-hybridized carbons (Fsp3) is 0.371. The molecule has 0 aliphatic rings. The monoisotopic (exact) mass is 662 g/mol. The Hall–Kier alpha value is -5.17. The summed E-state index contributed by atoms with van der Waals surface area (Å²) in [5, 5.41) is 14.9. The van der Waals surface area contributed by atoms with Crippen molar-refractivity contribution in [2.45, 2.75) is 57.0 Å². The SMILES string of the molecule is NCCCCNC(=O)CNC(=O)[C@@H](Cc1ccc(F)cc1)NC(=O)CNC(=O)[C@H](CCC=O)NC(=O)CCc1cccc2ccccc12. The van der Waals surface area contributed by atoms with Crippen molar-refractivity contribution in [1.82, 2.24) is 26.6 Å². The lowest BCUT2D eigenvalue weighted by atomic mass is 10.0. The Labute approximate surface area is 278 Å². The first-order chi connectivity index (χ1) is 23.2. The summed E-state index contributed by atoms with van der Waals surface area (Å²) in [6, 6.07) is 16.8. The van der Waals surface area contributed by atoms with Crippen LogP contribution in [-0.4, -0.2) is 74.1 Å². The third-order valence-corrected chi connectivity index (χ3v) is 7.53. The number of rotatable bonds is 20. The zero-order valence-electron chi connectivity index (χ0n) is 26.8. The van der Waals surface area contributed by atoms with Crippen molar-refractivity contribution in [3.05, 3.63) is 83.7 Å². The van der Waals surface area contributed by atoms with Gasteiger partial charge in [0, 0.05) is 25.8 Å². The van der Waals surface area contributed by atoms with E-state index < -0.39 is 54.0 Å². The highest BCUT2D eigenvalue weighted by Crippen LogP contribution is 2.19. The van der Waals surface area contributed by atoms with Crippen molar-refractivity contribution in [2.75, 3.05) is 26.2 Å². The van der Waals surface area contributed by atoms with Crippen LogP contribution in [0.15, 0.2) is 66.7 Å². The van der Waals surface area contributed by atoms with Crippen LogP contribution in [0, 0.1) is 5.82 Å².